The minimum Gasteiger partial charge on any atom is -0.352 e. The molecule has 0 spiro atoms. The second kappa shape index (κ2) is 4.72. The first-order chi connectivity index (χ1) is 9.26. The molecule has 2 heterocycles. The number of aromatic amines is 2. The van der Waals surface area contributed by atoms with Gasteiger partial charge in [0.25, 0.3) is 5.56 Å². The molecule has 2 N–H and O–H groups in total. The number of aromatic nitrogens is 3. The summed E-state index contributed by atoms with van der Waals surface area (Å²) in [5, 5.41) is 1.11. The second-order valence-corrected chi connectivity index (χ2v) is 4.61. The largest absolute Gasteiger partial charge is 0.352 e. The molecule has 0 bridgehead atoms. The molecule has 0 aliphatic carbocycles. The van der Waals surface area contributed by atoms with Crippen molar-refractivity contribution in [3.63, 3.8) is 0 Å². The van der Waals surface area contributed by atoms with E-state index >= 15 is 0 Å². The normalized spacial score (nSPS) is 11.0. The Balaban J connectivity index is 2.12. The van der Waals surface area contributed by atoms with Crippen LogP contribution in [-0.4, -0.2) is 15.0 Å². The van der Waals surface area contributed by atoms with Gasteiger partial charge in [0.1, 0.15) is 0 Å². The lowest BCUT2D eigenvalue weighted by Gasteiger charge is -2.01. The molecule has 2 aromatic heterocycles. The summed E-state index contributed by atoms with van der Waals surface area (Å²) in [5.41, 5.74) is 2.62. The SMILES string of the molecule is CCCc1cc(=O)[nH]c(-c2cc3ccccc3[nH]2)n1. The molecule has 3 aromatic rings. The van der Waals surface area contributed by atoms with Crippen LogP contribution in [0.25, 0.3) is 22.4 Å². The predicted octanol–water partition coefficient (Wildman–Crippen LogP) is 2.87. The number of aryl methyl sites for hydroxylation is 1. The topological polar surface area (TPSA) is 61.5 Å². The molecule has 3 rings (SSSR count). The van der Waals surface area contributed by atoms with E-state index in [9.17, 15) is 4.79 Å². The number of rotatable bonds is 3. The number of hydrogen-bond donors (Lipinski definition) is 2. The standard InChI is InChI=1S/C15H15N3O/c1-2-5-11-9-14(19)18-15(16-11)13-8-10-6-3-4-7-12(10)17-13/h3-4,6-9,17H,2,5H2,1H3,(H,16,18,19). The first-order valence-corrected chi connectivity index (χ1v) is 6.44. The summed E-state index contributed by atoms with van der Waals surface area (Å²) in [6, 6.07) is 11.6. The highest BCUT2D eigenvalue weighted by atomic mass is 16.1. The van der Waals surface area contributed by atoms with E-state index in [1.54, 1.807) is 6.07 Å². The van der Waals surface area contributed by atoms with Crippen LogP contribution in [0.15, 0.2) is 41.2 Å². The number of benzene rings is 1. The minimum absolute atomic E-state index is 0.105. The number of fused-ring (bicyclic) bond motifs is 1. The van der Waals surface area contributed by atoms with E-state index in [1.165, 1.54) is 0 Å². The first-order valence-electron chi connectivity index (χ1n) is 6.44. The average Bonchev–Trinajstić information content (AvgIpc) is 2.82. The Hall–Kier alpha value is -2.36. The lowest BCUT2D eigenvalue weighted by Crippen LogP contribution is -2.10. The molecule has 96 valence electrons. The fourth-order valence-corrected chi connectivity index (χ4v) is 2.22. The van der Waals surface area contributed by atoms with Crippen molar-refractivity contribution in [3.05, 3.63) is 52.4 Å². The van der Waals surface area contributed by atoms with Crippen molar-refractivity contribution in [2.24, 2.45) is 0 Å². The van der Waals surface area contributed by atoms with Gasteiger partial charge in [0.15, 0.2) is 5.82 Å². The molecule has 0 atom stereocenters. The molecule has 0 saturated heterocycles. The van der Waals surface area contributed by atoms with Gasteiger partial charge >= 0.3 is 0 Å². The van der Waals surface area contributed by atoms with Gasteiger partial charge in [-0.1, -0.05) is 31.5 Å². The van der Waals surface area contributed by atoms with E-state index in [4.69, 9.17) is 0 Å². The molecule has 0 amide bonds. The lowest BCUT2D eigenvalue weighted by atomic mass is 10.2. The Kier molecular flexibility index (Phi) is 2.91. The second-order valence-electron chi connectivity index (χ2n) is 4.61. The third kappa shape index (κ3) is 2.29. The molecule has 4 nitrogen and oxygen atoms in total. The highest BCUT2D eigenvalue weighted by Gasteiger charge is 2.07. The molecular formula is C15H15N3O. The highest BCUT2D eigenvalue weighted by Crippen LogP contribution is 2.20. The fraction of sp³-hybridized carbons (Fsp3) is 0.200. The van der Waals surface area contributed by atoms with Crippen LogP contribution < -0.4 is 5.56 Å². The predicted molar refractivity (Wildman–Crippen MR) is 76.1 cm³/mol. The van der Waals surface area contributed by atoms with Crippen LogP contribution in [0.4, 0.5) is 0 Å². The van der Waals surface area contributed by atoms with E-state index < -0.39 is 0 Å². The van der Waals surface area contributed by atoms with Crippen molar-refractivity contribution in [2.75, 3.05) is 0 Å². The van der Waals surface area contributed by atoms with Gasteiger partial charge in [-0.15, -0.1) is 0 Å². The minimum atomic E-state index is -0.105. The molecule has 4 heteroatoms. The number of H-pyrrole nitrogens is 2. The van der Waals surface area contributed by atoms with Crippen molar-refractivity contribution in [1.29, 1.82) is 0 Å². The van der Waals surface area contributed by atoms with Gasteiger partial charge in [-0.3, -0.25) is 4.79 Å². The lowest BCUT2D eigenvalue weighted by molar-refractivity contribution is 0.869. The van der Waals surface area contributed by atoms with Gasteiger partial charge in [0.2, 0.25) is 0 Å². The third-order valence-corrected chi connectivity index (χ3v) is 3.09. The Morgan fingerprint density at radius 3 is 2.79 bits per heavy atom. The van der Waals surface area contributed by atoms with Crippen molar-refractivity contribution < 1.29 is 0 Å². The van der Waals surface area contributed by atoms with E-state index in [1.807, 2.05) is 30.3 Å². The van der Waals surface area contributed by atoms with Gasteiger partial charge in [0.05, 0.1) is 5.69 Å². The summed E-state index contributed by atoms with van der Waals surface area (Å²) < 4.78 is 0. The average molecular weight is 253 g/mol. The van der Waals surface area contributed by atoms with E-state index in [0.29, 0.717) is 5.82 Å². The van der Waals surface area contributed by atoms with E-state index in [2.05, 4.69) is 21.9 Å². The number of hydrogen-bond acceptors (Lipinski definition) is 2. The Bertz CT molecular complexity index is 737. The smallest absolute Gasteiger partial charge is 0.251 e. The summed E-state index contributed by atoms with van der Waals surface area (Å²) in [7, 11) is 0. The molecule has 0 radical (unpaired) electrons. The van der Waals surface area contributed by atoms with Gasteiger partial charge in [-0.2, -0.15) is 0 Å². The van der Waals surface area contributed by atoms with Gasteiger partial charge in [-0.05, 0) is 18.6 Å². The summed E-state index contributed by atoms with van der Waals surface area (Å²) >= 11 is 0. The molecular weight excluding hydrogens is 238 g/mol. The van der Waals surface area contributed by atoms with E-state index in [-0.39, 0.29) is 5.56 Å². The zero-order valence-corrected chi connectivity index (χ0v) is 10.7. The van der Waals surface area contributed by atoms with Gasteiger partial charge in [0, 0.05) is 22.7 Å². The molecule has 0 saturated carbocycles. The number of para-hydroxylation sites is 1. The molecule has 19 heavy (non-hydrogen) atoms. The van der Waals surface area contributed by atoms with Gasteiger partial charge < -0.3 is 9.97 Å². The van der Waals surface area contributed by atoms with Crippen LogP contribution in [-0.2, 0) is 6.42 Å². The van der Waals surface area contributed by atoms with Crippen LogP contribution in [0.1, 0.15) is 19.0 Å². The first kappa shape index (κ1) is 11.7. The van der Waals surface area contributed by atoms with E-state index in [0.717, 1.165) is 35.1 Å². The van der Waals surface area contributed by atoms with Crippen molar-refractivity contribution in [3.8, 4) is 11.5 Å². The van der Waals surface area contributed by atoms with Crippen LogP contribution in [0, 0.1) is 0 Å². The van der Waals surface area contributed by atoms with Crippen molar-refractivity contribution in [1.82, 2.24) is 15.0 Å². The molecule has 0 fully saturated rings. The Labute approximate surface area is 110 Å². The summed E-state index contributed by atoms with van der Waals surface area (Å²) in [4.78, 5) is 22.2. The summed E-state index contributed by atoms with van der Waals surface area (Å²) in [6.07, 6.45) is 1.79. The van der Waals surface area contributed by atoms with Crippen LogP contribution >= 0.6 is 0 Å². The molecule has 0 unspecified atom stereocenters. The van der Waals surface area contributed by atoms with Crippen LogP contribution in [0.2, 0.25) is 0 Å². The maximum Gasteiger partial charge on any atom is 0.251 e. The zero-order valence-electron chi connectivity index (χ0n) is 10.7. The Morgan fingerprint density at radius 2 is 2.00 bits per heavy atom. The summed E-state index contributed by atoms with van der Waals surface area (Å²) in [6.45, 7) is 2.07. The fourth-order valence-electron chi connectivity index (χ4n) is 2.22. The maximum atomic E-state index is 11.7. The van der Waals surface area contributed by atoms with Crippen LogP contribution in [0.3, 0.4) is 0 Å². The monoisotopic (exact) mass is 253 g/mol. The number of nitrogens with one attached hydrogen (secondary N) is 2. The molecule has 0 aliphatic rings. The molecule has 0 aliphatic heterocycles. The maximum absolute atomic E-state index is 11.7. The Morgan fingerprint density at radius 1 is 1.16 bits per heavy atom. The quantitative estimate of drug-likeness (QED) is 0.754. The highest BCUT2D eigenvalue weighted by molar-refractivity contribution is 5.84. The van der Waals surface area contributed by atoms with Crippen molar-refractivity contribution >= 4 is 10.9 Å². The van der Waals surface area contributed by atoms with Crippen LogP contribution in [0.5, 0.6) is 0 Å². The van der Waals surface area contributed by atoms with Crippen molar-refractivity contribution in [2.45, 2.75) is 19.8 Å². The molecule has 1 aromatic carbocycles. The van der Waals surface area contributed by atoms with Gasteiger partial charge in [-0.25, -0.2) is 4.98 Å². The zero-order chi connectivity index (χ0) is 13.2. The number of nitrogens with zero attached hydrogens (tertiary/aromatic N) is 1. The summed E-state index contributed by atoms with van der Waals surface area (Å²) in [5.74, 6) is 0.604. The third-order valence-electron chi connectivity index (χ3n) is 3.09.